The van der Waals surface area contributed by atoms with Gasteiger partial charge in [0.25, 0.3) is 0 Å². The molecule has 1 aromatic rings. The molecule has 1 aliphatic rings. The molecule has 0 radical (unpaired) electrons. The molecule has 1 atom stereocenters. The van der Waals surface area contributed by atoms with Crippen LogP contribution < -0.4 is 10.6 Å². The zero-order valence-corrected chi connectivity index (χ0v) is 13.9. The van der Waals surface area contributed by atoms with Crippen LogP contribution in [-0.4, -0.2) is 32.5 Å². The number of hydrogen-bond acceptors (Lipinski definition) is 3. The van der Waals surface area contributed by atoms with Crippen molar-refractivity contribution in [3.8, 4) is 0 Å². The van der Waals surface area contributed by atoms with E-state index in [1.807, 2.05) is 19.1 Å². The van der Waals surface area contributed by atoms with Gasteiger partial charge in [-0.3, -0.25) is 0 Å². The van der Waals surface area contributed by atoms with E-state index in [2.05, 4.69) is 10.6 Å². The van der Waals surface area contributed by atoms with Gasteiger partial charge in [0.1, 0.15) is 9.84 Å². The standard InChI is InChI=1S/C16H24N2O3S/c1-12(14-4-3-5-14)17-16(19)18-15-8-6-13(7-9-15)10-11-22(2,20)21/h6-9,12,14H,3-5,10-11H2,1-2H3,(H2,17,18,19)/t12-/m1/s1. The summed E-state index contributed by atoms with van der Waals surface area (Å²) in [5.74, 6) is 0.739. The molecule has 2 N–H and O–H groups in total. The molecule has 0 bridgehead atoms. The number of amides is 2. The largest absolute Gasteiger partial charge is 0.335 e. The maximum Gasteiger partial charge on any atom is 0.319 e. The Kier molecular flexibility index (Phi) is 5.45. The number of nitrogens with one attached hydrogen (secondary N) is 2. The molecule has 0 spiro atoms. The van der Waals surface area contributed by atoms with E-state index >= 15 is 0 Å². The first-order valence-electron chi connectivity index (χ1n) is 7.68. The number of hydrogen-bond donors (Lipinski definition) is 2. The number of sulfone groups is 1. The van der Waals surface area contributed by atoms with Crippen LogP contribution in [0.4, 0.5) is 10.5 Å². The second-order valence-electron chi connectivity index (χ2n) is 6.15. The van der Waals surface area contributed by atoms with Gasteiger partial charge < -0.3 is 10.6 Å². The molecule has 2 rings (SSSR count). The van der Waals surface area contributed by atoms with Crippen LogP contribution in [0, 0.1) is 5.92 Å². The lowest BCUT2D eigenvalue weighted by atomic mass is 9.80. The van der Waals surface area contributed by atoms with Crippen LogP contribution >= 0.6 is 0 Å². The van der Waals surface area contributed by atoms with Crippen molar-refractivity contribution >= 4 is 21.6 Å². The van der Waals surface area contributed by atoms with Gasteiger partial charge in [0.05, 0.1) is 5.75 Å². The highest BCUT2D eigenvalue weighted by molar-refractivity contribution is 7.90. The Morgan fingerprint density at radius 3 is 2.41 bits per heavy atom. The molecule has 0 unspecified atom stereocenters. The molecule has 22 heavy (non-hydrogen) atoms. The second-order valence-corrected chi connectivity index (χ2v) is 8.41. The highest BCUT2D eigenvalue weighted by Gasteiger charge is 2.24. The summed E-state index contributed by atoms with van der Waals surface area (Å²) in [7, 11) is -2.95. The predicted octanol–water partition coefficient (Wildman–Crippen LogP) is 2.58. The van der Waals surface area contributed by atoms with Crippen LogP contribution in [0.5, 0.6) is 0 Å². The number of anilines is 1. The second kappa shape index (κ2) is 7.13. The summed E-state index contributed by atoms with van der Waals surface area (Å²) in [6, 6.07) is 7.29. The van der Waals surface area contributed by atoms with Crippen molar-refractivity contribution < 1.29 is 13.2 Å². The van der Waals surface area contributed by atoms with Crippen molar-refractivity contribution in [3.63, 3.8) is 0 Å². The molecular weight excluding hydrogens is 300 g/mol. The van der Waals surface area contributed by atoms with Crippen LogP contribution in [0.3, 0.4) is 0 Å². The molecule has 0 aromatic heterocycles. The van der Waals surface area contributed by atoms with Gasteiger partial charge in [-0.2, -0.15) is 0 Å². The highest BCUT2D eigenvalue weighted by atomic mass is 32.2. The van der Waals surface area contributed by atoms with Gasteiger partial charge in [-0.15, -0.1) is 0 Å². The first kappa shape index (κ1) is 16.8. The van der Waals surface area contributed by atoms with Gasteiger partial charge in [0.2, 0.25) is 0 Å². The molecule has 2 amide bonds. The molecular formula is C16H24N2O3S. The minimum atomic E-state index is -2.95. The monoisotopic (exact) mass is 324 g/mol. The number of aryl methyl sites for hydroxylation is 1. The fourth-order valence-corrected chi connectivity index (χ4v) is 3.10. The Morgan fingerprint density at radius 2 is 1.91 bits per heavy atom. The van der Waals surface area contributed by atoms with E-state index < -0.39 is 9.84 Å². The van der Waals surface area contributed by atoms with Crippen LogP contribution in [0.15, 0.2) is 24.3 Å². The smallest absolute Gasteiger partial charge is 0.319 e. The van der Waals surface area contributed by atoms with Gasteiger partial charge in [0, 0.05) is 18.0 Å². The fourth-order valence-electron chi connectivity index (χ4n) is 2.49. The van der Waals surface area contributed by atoms with E-state index in [1.54, 1.807) is 12.1 Å². The van der Waals surface area contributed by atoms with Gasteiger partial charge in [-0.25, -0.2) is 13.2 Å². The molecule has 5 nitrogen and oxygen atoms in total. The number of rotatable bonds is 6. The molecule has 6 heteroatoms. The normalized spacial score (nSPS) is 16.6. The van der Waals surface area contributed by atoms with Crippen molar-refractivity contribution in [1.29, 1.82) is 0 Å². The fraction of sp³-hybridized carbons (Fsp3) is 0.562. The average Bonchev–Trinajstić information content (AvgIpc) is 2.34. The zero-order chi connectivity index (χ0) is 16.2. The van der Waals surface area contributed by atoms with Crippen LogP contribution in [0.2, 0.25) is 0 Å². The minimum absolute atomic E-state index is 0.138. The summed E-state index contributed by atoms with van der Waals surface area (Å²) < 4.78 is 22.3. The van der Waals surface area contributed by atoms with Gasteiger partial charge in [-0.05, 0) is 49.8 Å². The van der Waals surface area contributed by atoms with E-state index in [-0.39, 0.29) is 17.8 Å². The van der Waals surface area contributed by atoms with E-state index in [0.29, 0.717) is 18.0 Å². The van der Waals surface area contributed by atoms with E-state index in [9.17, 15) is 13.2 Å². The lowest BCUT2D eigenvalue weighted by molar-refractivity contribution is 0.222. The number of carbonyl (C=O) groups is 1. The van der Waals surface area contributed by atoms with E-state index in [0.717, 1.165) is 5.56 Å². The van der Waals surface area contributed by atoms with Crippen molar-refractivity contribution in [2.75, 3.05) is 17.3 Å². The molecule has 0 aliphatic heterocycles. The first-order chi connectivity index (χ1) is 10.3. The topological polar surface area (TPSA) is 75.3 Å². The third-order valence-corrected chi connectivity index (χ3v) is 5.13. The molecule has 1 aromatic carbocycles. The van der Waals surface area contributed by atoms with Crippen LogP contribution in [-0.2, 0) is 16.3 Å². The SMILES string of the molecule is C[C@@H](NC(=O)Nc1ccc(CCS(C)(=O)=O)cc1)C1CCC1. The summed E-state index contributed by atoms with van der Waals surface area (Å²) in [4.78, 5) is 11.9. The molecule has 0 heterocycles. The van der Waals surface area contributed by atoms with E-state index in [1.165, 1.54) is 25.5 Å². The quantitative estimate of drug-likeness (QED) is 0.844. The van der Waals surface area contributed by atoms with Crippen molar-refractivity contribution in [1.82, 2.24) is 5.32 Å². The third-order valence-electron chi connectivity index (χ3n) is 4.19. The highest BCUT2D eigenvalue weighted by Crippen LogP contribution is 2.29. The Labute approximate surface area is 132 Å². The van der Waals surface area contributed by atoms with Gasteiger partial charge in [-0.1, -0.05) is 18.6 Å². The Balaban J connectivity index is 1.81. The van der Waals surface area contributed by atoms with Gasteiger partial charge >= 0.3 is 6.03 Å². The molecule has 1 fully saturated rings. The molecule has 0 saturated heterocycles. The van der Waals surface area contributed by atoms with Crippen LogP contribution in [0.25, 0.3) is 0 Å². The molecule has 1 saturated carbocycles. The van der Waals surface area contributed by atoms with Crippen molar-refractivity contribution in [2.24, 2.45) is 5.92 Å². The Bertz CT molecular complexity index is 607. The summed E-state index contributed by atoms with van der Waals surface area (Å²) in [6.45, 7) is 2.04. The summed E-state index contributed by atoms with van der Waals surface area (Å²) >= 11 is 0. The third kappa shape index (κ3) is 5.33. The minimum Gasteiger partial charge on any atom is -0.335 e. The number of carbonyl (C=O) groups excluding carboxylic acids is 1. The van der Waals surface area contributed by atoms with Crippen LogP contribution in [0.1, 0.15) is 31.7 Å². The maximum absolute atomic E-state index is 11.9. The van der Waals surface area contributed by atoms with Crippen molar-refractivity contribution in [3.05, 3.63) is 29.8 Å². The summed E-state index contributed by atoms with van der Waals surface area (Å²) in [6.07, 6.45) is 5.36. The molecule has 1 aliphatic carbocycles. The first-order valence-corrected chi connectivity index (χ1v) is 9.74. The lowest BCUT2D eigenvalue weighted by Crippen LogP contribution is -2.42. The lowest BCUT2D eigenvalue weighted by Gasteiger charge is -2.31. The summed E-state index contributed by atoms with van der Waals surface area (Å²) in [5.41, 5.74) is 1.65. The maximum atomic E-state index is 11.9. The van der Waals surface area contributed by atoms with E-state index in [4.69, 9.17) is 0 Å². The van der Waals surface area contributed by atoms with Crippen molar-refractivity contribution in [2.45, 2.75) is 38.6 Å². The Morgan fingerprint density at radius 1 is 1.27 bits per heavy atom. The summed E-state index contributed by atoms with van der Waals surface area (Å²) in [5, 5.41) is 5.77. The number of urea groups is 1. The number of benzene rings is 1. The Hall–Kier alpha value is -1.56. The molecule has 122 valence electrons. The van der Waals surface area contributed by atoms with Gasteiger partial charge in [0.15, 0.2) is 0 Å². The zero-order valence-electron chi connectivity index (χ0n) is 13.1. The average molecular weight is 324 g/mol. The predicted molar refractivity (Wildman–Crippen MR) is 88.8 cm³/mol.